The van der Waals surface area contributed by atoms with Crippen molar-refractivity contribution in [3.8, 4) is 0 Å². The minimum atomic E-state index is 0.933. The van der Waals surface area contributed by atoms with Gasteiger partial charge < -0.3 is 4.90 Å². The molecule has 0 bridgehead atoms. The van der Waals surface area contributed by atoms with Crippen LogP contribution in [0.25, 0.3) is 0 Å². The molecule has 1 saturated heterocycles. The highest BCUT2D eigenvalue weighted by atomic mass is 15.3. The summed E-state index contributed by atoms with van der Waals surface area (Å²) in [7, 11) is 0. The van der Waals surface area contributed by atoms with Crippen LogP contribution in [0.1, 0.15) is 38.5 Å². The second-order valence-corrected chi connectivity index (χ2v) is 5.20. The molecule has 0 aromatic carbocycles. The van der Waals surface area contributed by atoms with E-state index in [1.165, 1.54) is 64.7 Å². The van der Waals surface area contributed by atoms with Crippen LogP contribution in [0, 0.1) is 0 Å². The number of piperazine rings is 1. The Bertz CT molecular complexity index is 245. The molecule has 0 spiro atoms. The molecule has 0 N–H and O–H groups in total. The van der Waals surface area contributed by atoms with Crippen molar-refractivity contribution in [3.63, 3.8) is 0 Å². The van der Waals surface area contributed by atoms with Gasteiger partial charge in [-0.25, -0.2) is 0 Å². The van der Waals surface area contributed by atoms with Crippen molar-refractivity contribution in [1.82, 2.24) is 9.80 Å². The molecule has 0 atom stereocenters. The van der Waals surface area contributed by atoms with E-state index < -0.39 is 0 Å². The molecule has 1 heterocycles. The molecular weight excluding hydrogens is 184 g/mol. The molecule has 0 unspecified atom stereocenters. The molecule has 0 radical (unpaired) electrons. The molecule has 0 amide bonds. The van der Waals surface area contributed by atoms with Gasteiger partial charge in [0.2, 0.25) is 0 Å². The highest BCUT2D eigenvalue weighted by molar-refractivity contribution is 5.12. The molecule has 2 nitrogen and oxygen atoms in total. The van der Waals surface area contributed by atoms with E-state index in [0.717, 1.165) is 6.04 Å². The van der Waals surface area contributed by atoms with Gasteiger partial charge in [-0.2, -0.15) is 0 Å². The summed E-state index contributed by atoms with van der Waals surface area (Å²) in [5.41, 5.74) is 1.63. The Kier molecular flexibility index (Phi) is 2.70. The average molecular weight is 206 g/mol. The summed E-state index contributed by atoms with van der Waals surface area (Å²) >= 11 is 0. The van der Waals surface area contributed by atoms with Gasteiger partial charge >= 0.3 is 0 Å². The van der Waals surface area contributed by atoms with E-state index in [9.17, 15) is 0 Å². The van der Waals surface area contributed by atoms with Gasteiger partial charge in [0.1, 0.15) is 0 Å². The minimum absolute atomic E-state index is 0.933. The van der Waals surface area contributed by atoms with Crippen molar-refractivity contribution >= 4 is 0 Å². The van der Waals surface area contributed by atoms with E-state index in [-0.39, 0.29) is 0 Å². The van der Waals surface area contributed by atoms with Crippen LogP contribution < -0.4 is 0 Å². The van der Waals surface area contributed by atoms with Crippen LogP contribution >= 0.6 is 0 Å². The van der Waals surface area contributed by atoms with Gasteiger partial charge in [-0.3, -0.25) is 4.90 Å². The lowest BCUT2D eigenvalue weighted by molar-refractivity contribution is 0.113. The zero-order valence-corrected chi connectivity index (χ0v) is 9.62. The predicted molar refractivity (Wildman–Crippen MR) is 62.7 cm³/mol. The van der Waals surface area contributed by atoms with Crippen molar-refractivity contribution < 1.29 is 0 Å². The van der Waals surface area contributed by atoms with E-state index in [4.69, 9.17) is 0 Å². The van der Waals surface area contributed by atoms with Crippen LogP contribution in [-0.4, -0.2) is 42.0 Å². The van der Waals surface area contributed by atoms with Crippen LogP contribution in [0.5, 0.6) is 0 Å². The van der Waals surface area contributed by atoms with E-state index in [0.29, 0.717) is 0 Å². The van der Waals surface area contributed by atoms with Crippen molar-refractivity contribution in [2.45, 2.75) is 44.6 Å². The second kappa shape index (κ2) is 4.17. The first-order chi connectivity index (χ1) is 7.43. The fourth-order valence-corrected chi connectivity index (χ4v) is 3.20. The zero-order valence-electron chi connectivity index (χ0n) is 9.62. The second-order valence-electron chi connectivity index (χ2n) is 5.20. The molecule has 84 valence electrons. The van der Waals surface area contributed by atoms with E-state index in [1.54, 1.807) is 5.70 Å². The first-order valence-corrected chi connectivity index (χ1v) is 6.61. The summed E-state index contributed by atoms with van der Waals surface area (Å²) in [6, 6.07) is 0.933. The molecule has 1 aliphatic heterocycles. The fraction of sp³-hybridized carbons (Fsp3) is 0.846. The van der Waals surface area contributed by atoms with Crippen molar-refractivity contribution in [2.75, 3.05) is 26.2 Å². The lowest BCUT2D eigenvalue weighted by Gasteiger charge is -2.41. The standard InChI is InChI=1S/C13H22N2/c1-2-5-12(4-1)14-8-10-15(11-9-14)13-6-3-7-13/h6,12H,1-5,7-11H2. The molecule has 1 saturated carbocycles. The maximum absolute atomic E-state index is 2.74. The molecule has 2 aliphatic carbocycles. The molecule has 0 aromatic rings. The highest BCUT2D eigenvalue weighted by Crippen LogP contribution is 2.27. The molecule has 2 heteroatoms. The number of hydrogen-bond acceptors (Lipinski definition) is 2. The molecule has 2 fully saturated rings. The Labute approximate surface area is 92.9 Å². The smallest absolute Gasteiger partial charge is 0.0303 e. The summed E-state index contributed by atoms with van der Waals surface area (Å²) in [5.74, 6) is 0. The van der Waals surface area contributed by atoms with E-state index >= 15 is 0 Å². The predicted octanol–water partition coefficient (Wildman–Crippen LogP) is 2.22. The van der Waals surface area contributed by atoms with Gasteiger partial charge in [0.25, 0.3) is 0 Å². The molecule has 3 rings (SSSR count). The number of nitrogens with zero attached hydrogens (tertiary/aromatic N) is 2. The van der Waals surface area contributed by atoms with Crippen molar-refractivity contribution in [3.05, 3.63) is 11.8 Å². The number of hydrogen-bond donors (Lipinski definition) is 0. The Balaban J connectivity index is 1.51. The molecule has 15 heavy (non-hydrogen) atoms. The SMILES string of the molecule is C1=C(N2CCN(C3CCCC3)CC2)CC1. The minimum Gasteiger partial charge on any atom is -0.372 e. The lowest BCUT2D eigenvalue weighted by atomic mass is 10.0. The number of rotatable bonds is 2. The summed E-state index contributed by atoms with van der Waals surface area (Å²) < 4.78 is 0. The van der Waals surface area contributed by atoms with E-state index in [2.05, 4.69) is 15.9 Å². The monoisotopic (exact) mass is 206 g/mol. The Hall–Kier alpha value is -0.500. The largest absolute Gasteiger partial charge is 0.372 e. The van der Waals surface area contributed by atoms with Crippen LogP contribution in [0.4, 0.5) is 0 Å². The molecule has 3 aliphatic rings. The van der Waals surface area contributed by atoms with Crippen molar-refractivity contribution in [1.29, 1.82) is 0 Å². The molecule has 0 aromatic heterocycles. The summed E-state index contributed by atoms with van der Waals surface area (Å²) in [6.07, 6.45) is 10.9. The number of allylic oxidation sites excluding steroid dienone is 2. The van der Waals surface area contributed by atoms with Gasteiger partial charge in [0.15, 0.2) is 0 Å². The van der Waals surface area contributed by atoms with Gasteiger partial charge in [0.05, 0.1) is 0 Å². The third-order valence-electron chi connectivity index (χ3n) is 4.34. The highest BCUT2D eigenvalue weighted by Gasteiger charge is 2.27. The van der Waals surface area contributed by atoms with Crippen LogP contribution in [-0.2, 0) is 0 Å². The topological polar surface area (TPSA) is 6.48 Å². The zero-order chi connectivity index (χ0) is 10.1. The first-order valence-electron chi connectivity index (χ1n) is 6.61. The first kappa shape index (κ1) is 9.71. The van der Waals surface area contributed by atoms with Gasteiger partial charge in [-0.05, 0) is 25.7 Å². The fourth-order valence-electron chi connectivity index (χ4n) is 3.20. The lowest BCUT2D eigenvalue weighted by Crippen LogP contribution is -2.49. The Morgan fingerprint density at radius 2 is 1.67 bits per heavy atom. The van der Waals surface area contributed by atoms with Gasteiger partial charge in [-0.1, -0.05) is 18.9 Å². The maximum atomic E-state index is 2.74. The third kappa shape index (κ3) is 1.92. The van der Waals surface area contributed by atoms with Crippen LogP contribution in [0.15, 0.2) is 11.8 Å². The average Bonchev–Trinajstić information content (AvgIpc) is 2.69. The van der Waals surface area contributed by atoms with Crippen molar-refractivity contribution in [2.24, 2.45) is 0 Å². The van der Waals surface area contributed by atoms with Crippen LogP contribution in [0.2, 0.25) is 0 Å². The van der Waals surface area contributed by atoms with Gasteiger partial charge in [0, 0.05) is 37.9 Å². The summed E-state index contributed by atoms with van der Waals surface area (Å²) in [4.78, 5) is 5.34. The summed E-state index contributed by atoms with van der Waals surface area (Å²) in [5, 5.41) is 0. The summed E-state index contributed by atoms with van der Waals surface area (Å²) in [6.45, 7) is 5.18. The Morgan fingerprint density at radius 3 is 2.20 bits per heavy atom. The quantitative estimate of drug-likeness (QED) is 0.683. The van der Waals surface area contributed by atoms with E-state index in [1.807, 2.05) is 0 Å². The van der Waals surface area contributed by atoms with Gasteiger partial charge in [-0.15, -0.1) is 0 Å². The Morgan fingerprint density at radius 1 is 1.00 bits per heavy atom. The maximum Gasteiger partial charge on any atom is 0.0303 e. The molecular formula is C13H22N2. The normalized spacial score (nSPS) is 29.1. The third-order valence-corrected chi connectivity index (χ3v) is 4.34. The van der Waals surface area contributed by atoms with Crippen LogP contribution in [0.3, 0.4) is 0 Å².